The third-order valence-corrected chi connectivity index (χ3v) is 4.26. The van der Waals surface area contributed by atoms with Crippen LogP contribution in [0.5, 0.6) is 0 Å². The molecule has 1 unspecified atom stereocenters. The van der Waals surface area contributed by atoms with Crippen LogP contribution in [0.1, 0.15) is 18.9 Å². The van der Waals surface area contributed by atoms with Gasteiger partial charge in [-0.05, 0) is 35.2 Å². The molecule has 1 heterocycles. The van der Waals surface area contributed by atoms with Crippen molar-refractivity contribution < 1.29 is 4.74 Å². The highest BCUT2D eigenvalue weighted by Crippen LogP contribution is 2.41. The fourth-order valence-corrected chi connectivity index (χ4v) is 3.17. The van der Waals surface area contributed by atoms with E-state index in [4.69, 9.17) is 10.5 Å². The summed E-state index contributed by atoms with van der Waals surface area (Å²) in [6.07, 6.45) is 1.11. The van der Waals surface area contributed by atoms with E-state index in [1.807, 2.05) is 0 Å². The molecule has 1 atom stereocenters. The molecule has 0 spiro atoms. The third-order valence-electron chi connectivity index (χ3n) is 4.26. The van der Waals surface area contributed by atoms with Crippen molar-refractivity contribution in [3.8, 4) is 0 Å². The summed E-state index contributed by atoms with van der Waals surface area (Å²) in [5.41, 5.74) is 7.40. The molecule has 1 fully saturated rings. The van der Waals surface area contributed by atoms with Crippen molar-refractivity contribution in [3.05, 3.63) is 48.0 Å². The van der Waals surface area contributed by atoms with Crippen molar-refractivity contribution in [2.45, 2.75) is 18.8 Å². The number of ether oxygens (including phenoxy) is 1. The van der Waals surface area contributed by atoms with E-state index < -0.39 is 0 Å². The smallest absolute Gasteiger partial charge is 0.0585 e. The van der Waals surface area contributed by atoms with Gasteiger partial charge in [-0.2, -0.15) is 0 Å². The molecule has 2 nitrogen and oxygen atoms in total. The molecule has 1 saturated heterocycles. The second-order valence-electron chi connectivity index (χ2n) is 5.84. The molecule has 0 amide bonds. The molecule has 1 aliphatic heterocycles. The van der Waals surface area contributed by atoms with E-state index in [0.717, 1.165) is 26.2 Å². The summed E-state index contributed by atoms with van der Waals surface area (Å²) >= 11 is 0. The van der Waals surface area contributed by atoms with Crippen LogP contribution in [0.4, 0.5) is 0 Å². The van der Waals surface area contributed by atoms with Gasteiger partial charge in [0, 0.05) is 5.41 Å². The maximum atomic E-state index is 5.81. The number of hydrogen-bond acceptors (Lipinski definition) is 2. The van der Waals surface area contributed by atoms with Crippen molar-refractivity contribution in [2.75, 3.05) is 19.8 Å². The number of fused-ring (bicyclic) bond motifs is 1. The summed E-state index contributed by atoms with van der Waals surface area (Å²) in [6, 6.07) is 15.2. The Labute approximate surface area is 114 Å². The summed E-state index contributed by atoms with van der Waals surface area (Å²) in [4.78, 5) is 0. The molecule has 1 aliphatic rings. The van der Waals surface area contributed by atoms with Crippen LogP contribution in [0.25, 0.3) is 10.8 Å². The molecule has 19 heavy (non-hydrogen) atoms. The first kappa shape index (κ1) is 12.6. The Bertz CT molecular complexity index is 569. The van der Waals surface area contributed by atoms with E-state index in [9.17, 15) is 0 Å². The van der Waals surface area contributed by atoms with Gasteiger partial charge in [0.25, 0.3) is 0 Å². The molecule has 100 valence electrons. The standard InChI is InChI=1S/C17H21NO/c1-13(10-18)9-17(11-19-12-17)16-8-4-6-14-5-2-3-7-15(14)16/h2-8,13H,9-12,18H2,1H3. The van der Waals surface area contributed by atoms with Gasteiger partial charge in [0.15, 0.2) is 0 Å². The number of nitrogens with two attached hydrogens (primary N) is 1. The molecular formula is C17H21NO. The minimum atomic E-state index is 0.166. The molecule has 0 aromatic heterocycles. The highest BCUT2D eigenvalue weighted by molar-refractivity contribution is 5.86. The molecule has 0 saturated carbocycles. The molecule has 0 radical (unpaired) electrons. The number of benzene rings is 2. The van der Waals surface area contributed by atoms with E-state index in [1.54, 1.807) is 0 Å². The molecule has 3 rings (SSSR count). The van der Waals surface area contributed by atoms with E-state index in [2.05, 4.69) is 49.4 Å². The summed E-state index contributed by atoms with van der Waals surface area (Å²) in [5.74, 6) is 0.530. The van der Waals surface area contributed by atoms with Gasteiger partial charge in [-0.15, -0.1) is 0 Å². The average molecular weight is 255 g/mol. The lowest BCUT2D eigenvalue weighted by molar-refractivity contribution is -0.0694. The van der Waals surface area contributed by atoms with Gasteiger partial charge in [-0.1, -0.05) is 49.4 Å². The maximum absolute atomic E-state index is 5.81. The zero-order valence-electron chi connectivity index (χ0n) is 11.4. The lowest BCUT2D eigenvalue weighted by Gasteiger charge is -2.44. The van der Waals surface area contributed by atoms with Crippen LogP contribution < -0.4 is 5.73 Å². The van der Waals surface area contributed by atoms with Crippen molar-refractivity contribution >= 4 is 10.8 Å². The van der Waals surface area contributed by atoms with Crippen LogP contribution in [0, 0.1) is 5.92 Å². The molecule has 0 bridgehead atoms. The Hall–Kier alpha value is -1.38. The lowest BCUT2D eigenvalue weighted by Crippen LogP contribution is -2.48. The van der Waals surface area contributed by atoms with Gasteiger partial charge in [-0.3, -0.25) is 0 Å². The van der Waals surface area contributed by atoms with Crippen molar-refractivity contribution in [1.29, 1.82) is 0 Å². The predicted molar refractivity (Wildman–Crippen MR) is 79.3 cm³/mol. The van der Waals surface area contributed by atoms with Crippen LogP contribution in [-0.2, 0) is 10.2 Å². The first-order valence-electron chi connectivity index (χ1n) is 7.01. The van der Waals surface area contributed by atoms with Gasteiger partial charge in [-0.25, -0.2) is 0 Å². The Morgan fingerprint density at radius 2 is 1.89 bits per heavy atom. The van der Waals surface area contributed by atoms with Crippen LogP contribution in [0.15, 0.2) is 42.5 Å². The Balaban J connectivity index is 2.06. The Morgan fingerprint density at radius 3 is 2.58 bits per heavy atom. The normalized spacial score (nSPS) is 19.1. The third kappa shape index (κ3) is 2.15. The van der Waals surface area contributed by atoms with Gasteiger partial charge < -0.3 is 10.5 Å². The van der Waals surface area contributed by atoms with Crippen LogP contribution in [0.2, 0.25) is 0 Å². The van der Waals surface area contributed by atoms with Gasteiger partial charge in [0.05, 0.1) is 13.2 Å². The first-order chi connectivity index (χ1) is 9.25. The number of hydrogen-bond donors (Lipinski definition) is 1. The highest BCUT2D eigenvalue weighted by atomic mass is 16.5. The monoisotopic (exact) mass is 255 g/mol. The summed E-state index contributed by atoms with van der Waals surface area (Å²) < 4.78 is 5.55. The fourth-order valence-electron chi connectivity index (χ4n) is 3.17. The SMILES string of the molecule is CC(CN)CC1(c2cccc3ccccc23)COC1. The zero-order chi connectivity index (χ0) is 13.3. The average Bonchev–Trinajstić information content (AvgIpc) is 2.42. The first-order valence-corrected chi connectivity index (χ1v) is 7.01. The minimum Gasteiger partial charge on any atom is -0.379 e. The molecule has 2 aromatic rings. The van der Waals surface area contributed by atoms with E-state index in [0.29, 0.717) is 5.92 Å². The van der Waals surface area contributed by atoms with Crippen molar-refractivity contribution in [3.63, 3.8) is 0 Å². The van der Waals surface area contributed by atoms with E-state index in [-0.39, 0.29) is 5.41 Å². The largest absolute Gasteiger partial charge is 0.379 e. The Kier molecular flexibility index (Phi) is 3.29. The van der Waals surface area contributed by atoms with E-state index >= 15 is 0 Å². The molecule has 2 aromatic carbocycles. The second kappa shape index (κ2) is 4.95. The maximum Gasteiger partial charge on any atom is 0.0585 e. The summed E-state index contributed by atoms with van der Waals surface area (Å²) in [6.45, 7) is 4.62. The lowest BCUT2D eigenvalue weighted by atomic mass is 9.71. The van der Waals surface area contributed by atoms with Gasteiger partial charge in [0.2, 0.25) is 0 Å². The quantitative estimate of drug-likeness (QED) is 0.911. The zero-order valence-corrected chi connectivity index (χ0v) is 11.4. The van der Waals surface area contributed by atoms with Crippen molar-refractivity contribution in [2.24, 2.45) is 11.7 Å². The van der Waals surface area contributed by atoms with Crippen LogP contribution >= 0.6 is 0 Å². The van der Waals surface area contributed by atoms with Crippen LogP contribution in [-0.4, -0.2) is 19.8 Å². The minimum absolute atomic E-state index is 0.166. The molecular weight excluding hydrogens is 234 g/mol. The molecule has 2 heteroatoms. The molecule has 2 N–H and O–H groups in total. The van der Waals surface area contributed by atoms with Gasteiger partial charge in [0.1, 0.15) is 0 Å². The van der Waals surface area contributed by atoms with Crippen molar-refractivity contribution in [1.82, 2.24) is 0 Å². The fraction of sp³-hybridized carbons (Fsp3) is 0.412. The van der Waals surface area contributed by atoms with Gasteiger partial charge >= 0.3 is 0 Å². The summed E-state index contributed by atoms with van der Waals surface area (Å²) in [5, 5.41) is 2.67. The van der Waals surface area contributed by atoms with Crippen LogP contribution in [0.3, 0.4) is 0 Å². The Morgan fingerprint density at radius 1 is 1.16 bits per heavy atom. The highest BCUT2D eigenvalue weighted by Gasteiger charge is 2.41. The second-order valence-corrected chi connectivity index (χ2v) is 5.84. The molecule has 0 aliphatic carbocycles. The summed E-state index contributed by atoms with van der Waals surface area (Å²) in [7, 11) is 0. The topological polar surface area (TPSA) is 35.2 Å². The predicted octanol–water partition coefficient (Wildman–Crippen LogP) is 3.09. The van der Waals surface area contributed by atoms with E-state index in [1.165, 1.54) is 16.3 Å². The number of rotatable bonds is 4.